The zero-order chi connectivity index (χ0) is 18.1. The second kappa shape index (κ2) is 7.50. The Morgan fingerprint density at radius 2 is 2.12 bits per heavy atom. The molecule has 1 aliphatic carbocycles. The highest BCUT2D eigenvalue weighted by atomic mass is 32.2. The van der Waals surface area contributed by atoms with E-state index in [-0.39, 0.29) is 11.5 Å². The summed E-state index contributed by atoms with van der Waals surface area (Å²) in [4.78, 5) is 33.8. The first-order valence-corrected chi connectivity index (χ1v) is 10.6. The Labute approximate surface area is 156 Å². The van der Waals surface area contributed by atoms with E-state index in [9.17, 15) is 9.59 Å². The van der Waals surface area contributed by atoms with Crippen molar-refractivity contribution < 1.29 is 4.79 Å². The number of thiophene rings is 1. The molecule has 0 radical (unpaired) electrons. The molecule has 2 aromatic heterocycles. The summed E-state index contributed by atoms with van der Waals surface area (Å²) in [5.41, 5.74) is 1.06. The van der Waals surface area contributed by atoms with Crippen LogP contribution in [0, 0.1) is 13.8 Å². The van der Waals surface area contributed by atoms with Crippen LogP contribution < -0.4 is 5.56 Å². The summed E-state index contributed by atoms with van der Waals surface area (Å²) in [5, 5.41) is 1.41. The predicted molar refractivity (Wildman–Crippen MR) is 105 cm³/mol. The highest BCUT2D eigenvalue weighted by Crippen LogP contribution is 2.29. The van der Waals surface area contributed by atoms with Gasteiger partial charge in [-0.05, 0) is 38.7 Å². The van der Waals surface area contributed by atoms with Gasteiger partial charge in [-0.1, -0.05) is 25.1 Å². The van der Waals surface area contributed by atoms with Crippen LogP contribution in [0.3, 0.4) is 0 Å². The van der Waals surface area contributed by atoms with Crippen molar-refractivity contribution in [2.45, 2.75) is 64.2 Å². The van der Waals surface area contributed by atoms with Crippen molar-refractivity contribution in [3.63, 3.8) is 0 Å². The van der Waals surface area contributed by atoms with Crippen molar-refractivity contribution in [1.82, 2.24) is 14.5 Å². The molecule has 25 heavy (non-hydrogen) atoms. The van der Waals surface area contributed by atoms with Crippen LogP contribution in [0.1, 0.15) is 43.0 Å². The highest BCUT2D eigenvalue weighted by molar-refractivity contribution is 7.99. The van der Waals surface area contributed by atoms with E-state index in [0.29, 0.717) is 23.5 Å². The van der Waals surface area contributed by atoms with E-state index >= 15 is 0 Å². The smallest absolute Gasteiger partial charge is 0.263 e. The molecule has 0 aromatic carbocycles. The Kier molecular flexibility index (Phi) is 5.53. The lowest BCUT2D eigenvalue weighted by atomic mass is 10.2. The minimum atomic E-state index is 0.0331. The van der Waals surface area contributed by atoms with Gasteiger partial charge in [-0.25, -0.2) is 4.98 Å². The molecule has 1 aliphatic rings. The van der Waals surface area contributed by atoms with Crippen LogP contribution in [0.2, 0.25) is 0 Å². The average molecular weight is 380 g/mol. The van der Waals surface area contributed by atoms with Crippen LogP contribution in [0.15, 0.2) is 9.95 Å². The second-order valence-corrected chi connectivity index (χ2v) is 8.84. The minimum Gasteiger partial charge on any atom is -0.342 e. The van der Waals surface area contributed by atoms with Gasteiger partial charge < -0.3 is 4.90 Å². The number of thioether (sulfide) groups is 1. The molecule has 0 saturated heterocycles. The quantitative estimate of drug-likeness (QED) is 0.545. The number of carbonyl (C=O) groups excluding carboxylic acids is 1. The van der Waals surface area contributed by atoms with Gasteiger partial charge in [-0.2, -0.15) is 0 Å². The lowest BCUT2D eigenvalue weighted by Gasteiger charge is -2.16. The third-order valence-corrected chi connectivity index (χ3v) is 6.86. The molecule has 1 amide bonds. The fraction of sp³-hybridized carbons (Fsp3) is 0.611. The lowest BCUT2D eigenvalue weighted by molar-refractivity contribution is -0.127. The molecule has 3 rings (SSSR count). The number of rotatable bonds is 7. The summed E-state index contributed by atoms with van der Waals surface area (Å²) >= 11 is 2.95. The average Bonchev–Trinajstić information content (AvgIpc) is 3.38. The normalized spacial score (nSPS) is 14.2. The van der Waals surface area contributed by atoms with Crippen molar-refractivity contribution in [3.8, 4) is 0 Å². The Hall–Kier alpha value is -1.34. The number of hydrogen-bond donors (Lipinski definition) is 0. The monoisotopic (exact) mass is 379 g/mol. The Morgan fingerprint density at radius 1 is 1.40 bits per heavy atom. The number of fused-ring (bicyclic) bond motifs is 1. The van der Waals surface area contributed by atoms with Gasteiger partial charge in [0.15, 0.2) is 5.16 Å². The zero-order valence-corrected chi connectivity index (χ0v) is 16.9. The highest BCUT2D eigenvalue weighted by Gasteiger charge is 2.29. The van der Waals surface area contributed by atoms with E-state index in [2.05, 4.69) is 6.92 Å². The Bertz CT molecular complexity index is 852. The molecule has 2 heterocycles. The molecule has 7 heteroatoms. The zero-order valence-electron chi connectivity index (χ0n) is 15.3. The van der Waals surface area contributed by atoms with E-state index in [4.69, 9.17) is 4.98 Å². The first kappa shape index (κ1) is 18.5. The topological polar surface area (TPSA) is 55.2 Å². The van der Waals surface area contributed by atoms with Crippen LogP contribution in [-0.4, -0.2) is 39.2 Å². The number of hydrogen-bond acceptors (Lipinski definition) is 5. The van der Waals surface area contributed by atoms with Crippen LogP contribution in [0.4, 0.5) is 0 Å². The van der Waals surface area contributed by atoms with E-state index in [1.165, 1.54) is 11.8 Å². The fourth-order valence-electron chi connectivity index (χ4n) is 2.83. The molecular weight excluding hydrogens is 354 g/mol. The molecule has 2 aromatic rings. The fourth-order valence-corrected chi connectivity index (χ4v) is 4.85. The number of amides is 1. The number of aromatic nitrogens is 2. The molecule has 0 atom stereocenters. The SMILES string of the molecule is CCCCn1c(SCC(=O)N(C)C2CC2)nc2sc(C)c(C)c2c1=O. The summed E-state index contributed by atoms with van der Waals surface area (Å²) < 4.78 is 1.76. The van der Waals surface area contributed by atoms with E-state index in [1.54, 1.807) is 15.9 Å². The minimum absolute atomic E-state index is 0.0331. The van der Waals surface area contributed by atoms with Crippen molar-refractivity contribution in [3.05, 3.63) is 20.8 Å². The third kappa shape index (κ3) is 3.77. The van der Waals surface area contributed by atoms with E-state index in [0.717, 1.165) is 46.3 Å². The van der Waals surface area contributed by atoms with Gasteiger partial charge >= 0.3 is 0 Å². The molecule has 5 nitrogen and oxygen atoms in total. The lowest BCUT2D eigenvalue weighted by Crippen LogP contribution is -2.31. The molecule has 136 valence electrons. The summed E-state index contributed by atoms with van der Waals surface area (Å²) in [6.07, 6.45) is 4.15. The predicted octanol–water partition coefficient (Wildman–Crippen LogP) is 3.59. The van der Waals surface area contributed by atoms with Crippen molar-refractivity contribution in [2.24, 2.45) is 0 Å². The Balaban J connectivity index is 1.91. The summed E-state index contributed by atoms with van der Waals surface area (Å²) in [5.74, 6) is 0.447. The van der Waals surface area contributed by atoms with Gasteiger partial charge in [0.1, 0.15) is 4.83 Å². The maximum Gasteiger partial charge on any atom is 0.263 e. The standard InChI is InChI=1S/C18H25N3O2S2/c1-5-6-9-21-17(23)15-11(2)12(3)25-16(15)19-18(21)24-10-14(22)20(4)13-7-8-13/h13H,5-10H2,1-4H3. The van der Waals surface area contributed by atoms with Gasteiger partial charge in [0.25, 0.3) is 5.56 Å². The van der Waals surface area contributed by atoms with Crippen LogP contribution in [0.25, 0.3) is 10.2 Å². The van der Waals surface area contributed by atoms with Crippen molar-refractivity contribution >= 4 is 39.2 Å². The molecule has 0 spiro atoms. The largest absolute Gasteiger partial charge is 0.342 e. The van der Waals surface area contributed by atoms with Crippen molar-refractivity contribution in [1.29, 1.82) is 0 Å². The van der Waals surface area contributed by atoms with Gasteiger partial charge in [0.2, 0.25) is 5.91 Å². The molecule has 1 fully saturated rings. The summed E-state index contributed by atoms with van der Waals surface area (Å²) in [6.45, 7) is 6.78. The number of aryl methyl sites for hydroxylation is 2. The first-order valence-electron chi connectivity index (χ1n) is 8.83. The van der Waals surface area contributed by atoms with Gasteiger partial charge in [0, 0.05) is 24.5 Å². The number of nitrogens with zero attached hydrogens (tertiary/aromatic N) is 3. The molecule has 0 N–H and O–H groups in total. The Morgan fingerprint density at radius 3 is 2.76 bits per heavy atom. The first-order chi connectivity index (χ1) is 11.9. The van der Waals surface area contributed by atoms with Crippen LogP contribution in [0.5, 0.6) is 0 Å². The maximum atomic E-state index is 13.0. The third-order valence-electron chi connectivity index (χ3n) is 4.80. The number of unbranched alkanes of at least 4 members (excludes halogenated alkanes) is 1. The molecular formula is C18H25N3O2S2. The van der Waals surface area contributed by atoms with E-state index < -0.39 is 0 Å². The number of carbonyl (C=O) groups is 1. The maximum absolute atomic E-state index is 13.0. The second-order valence-electron chi connectivity index (χ2n) is 6.69. The molecule has 0 unspecified atom stereocenters. The van der Waals surface area contributed by atoms with Crippen molar-refractivity contribution in [2.75, 3.05) is 12.8 Å². The summed E-state index contributed by atoms with van der Waals surface area (Å²) in [6, 6.07) is 0.411. The molecule has 1 saturated carbocycles. The summed E-state index contributed by atoms with van der Waals surface area (Å²) in [7, 11) is 1.87. The van der Waals surface area contributed by atoms with Gasteiger partial charge in [-0.3, -0.25) is 14.2 Å². The van der Waals surface area contributed by atoms with E-state index in [1.807, 2.05) is 25.8 Å². The van der Waals surface area contributed by atoms with Gasteiger partial charge in [-0.15, -0.1) is 11.3 Å². The van der Waals surface area contributed by atoms with Gasteiger partial charge in [0.05, 0.1) is 11.1 Å². The van der Waals surface area contributed by atoms with Crippen LogP contribution >= 0.6 is 23.1 Å². The molecule has 0 aliphatic heterocycles. The molecule has 0 bridgehead atoms. The van der Waals surface area contributed by atoms with Crippen LogP contribution in [-0.2, 0) is 11.3 Å².